The van der Waals surface area contributed by atoms with Gasteiger partial charge in [0.1, 0.15) is 0 Å². The summed E-state index contributed by atoms with van der Waals surface area (Å²) < 4.78 is 0. The van der Waals surface area contributed by atoms with Crippen LogP contribution in [0.25, 0.3) is 67.3 Å². The van der Waals surface area contributed by atoms with Crippen LogP contribution in [0.1, 0.15) is 22.3 Å². The van der Waals surface area contributed by atoms with E-state index in [1.165, 1.54) is 55.6 Å². The van der Waals surface area contributed by atoms with Crippen LogP contribution in [0.2, 0.25) is 0 Å². The molecule has 0 fully saturated rings. The molecule has 1 spiro atoms. The maximum absolute atomic E-state index is 5.22. The highest BCUT2D eigenvalue weighted by molar-refractivity contribution is 5.98. The lowest BCUT2D eigenvalue weighted by molar-refractivity contribution is 0.775. The summed E-state index contributed by atoms with van der Waals surface area (Å²) in [5, 5.41) is 0. The minimum Gasteiger partial charge on any atom is -0.228 e. The zero-order chi connectivity index (χ0) is 32.4. The SMILES string of the molecule is c1ccc(-c2cc(-c3ccccc3)nc(-c3ccc4c(c3)-c3ccccc3-c3ccccc3C43c4ccccc4-c4ccccc43)n2)cc1. The summed E-state index contributed by atoms with van der Waals surface area (Å²) in [6, 6.07) is 65.6. The Bertz CT molecular complexity index is 2450. The molecular formula is C47H30N2. The molecule has 0 aliphatic heterocycles. The first-order valence-corrected chi connectivity index (χ1v) is 16.8. The van der Waals surface area contributed by atoms with Crippen molar-refractivity contribution in [2.75, 3.05) is 0 Å². The van der Waals surface area contributed by atoms with E-state index in [9.17, 15) is 0 Å². The maximum Gasteiger partial charge on any atom is 0.160 e. The Balaban J connectivity index is 1.29. The van der Waals surface area contributed by atoms with Gasteiger partial charge in [0, 0.05) is 16.7 Å². The molecule has 1 heterocycles. The number of fused-ring (bicyclic) bond motifs is 12. The standard InChI is InChI=1S/C47H30N2/c1-3-15-31(16-4-1)44-30-45(32-17-5-2-6-18-32)49-46(48-44)33-27-28-43-39(29-33)35-20-8-7-19-34(35)36-21-9-12-24-40(36)47(43)41-25-13-10-22-37(41)38-23-11-14-26-42(38)47/h1-30H. The lowest BCUT2D eigenvalue weighted by Gasteiger charge is -2.35. The summed E-state index contributed by atoms with van der Waals surface area (Å²) in [7, 11) is 0. The fraction of sp³-hybridized carbons (Fsp3) is 0.0213. The Morgan fingerprint density at radius 1 is 0.286 bits per heavy atom. The summed E-state index contributed by atoms with van der Waals surface area (Å²) in [5.41, 5.74) is 17.1. The molecule has 0 bridgehead atoms. The quantitative estimate of drug-likeness (QED) is 0.196. The summed E-state index contributed by atoms with van der Waals surface area (Å²) >= 11 is 0. The molecule has 0 amide bonds. The van der Waals surface area contributed by atoms with E-state index in [1.54, 1.807) is 0 Å². The first-order chi connectivity index (χ1) is 24.3. The van der Waals surface area contributed by atoms with Gasteiger partial charge in [0.15, 0.2) is 5.82 Å². The van der Waals surface area contributed by atoms with Gasteiger partial charge in [-0.3, -0.25) is 0 Å². The van der Waals surface area contributed by atoms with Gasteiger partial charge in [-0.2, -0.15) is 0 Å². The van der Waals surface area contributed by atoms with Crippen LogP contribution >= 0.6 is 0 Å². The van der Waals surface area contributed by atoms with Crippen LogP contribution in [0, 0.1) is 0 Å². The highest BCUT2D eigenvalue weighted by atomic mass is 14.9. The van der Waals surface area contributed by atoms with Crippen molar-refractivity contribution in [2.45, 2.75) is 5.41 Å². The molecule has 8 aromatic rings. The van der Waals surface area contributed by atoms with E-state index in [1.807, 2.05) is 12.1 Å². The molecule has 0 atom stereocenters. The molecule has 0 saturated heterocycles. The molecule has 2 aliphatic rings. The highest BCUT2D eigenvalue weighted by Gasteiger charge is 2.49. The van der Waals surface area contributed by atoms with Crippen molar-refractivity contribution in [1.82, 2.24) is 9.97 Å². The van der Waals surface area contributed by atoms with Crippen molar-refractivity contribution >= 4 is 0 Å². The number of rotatable bonds is 3. The third-order valence-electron chi connectivity index (χ3n) is 10.3. The van der Waals surface area contributed by atoms with Crippen LogP contribution in [-0.2, 0) is 5.41 Å². The van der Waals surface area contributed by atoms with Gasteiger partial charge in [-0.25, -0.2) is 9.97 Å². The van der Waals surface area contributed by atoms with Gasteiger partial charge >= 0.3 is 0 Å². The first-order valence-electron chi connectivity index (χ1n) is 16.8. The topological polar surface area (TPSA) is 25.8 Å². The number of benzene rings is 7. The molecule has 10 rings (SSSR count). The lowest BCUT2D eigenvalue weighted by atomic mass is 9.66. The molecule has 1 aromatic heterocycles. The third-order valence-corrected chi connectivity index (χ3v) is 10.3. The van der Waals surface area contributed by atoms with Gasteiger partial charge in [0.05, 0.1) is 16.8 Å². The lowest BCUT2D eigenvalue weighted by Crippen LogP contribution is -2.29. The molecule has 0 radical (unpaired) electrons. The second-order valence-corrected chi connectivity index (χ2v) is 12.9. The normalized spacial score (nSPS) is 13.1. The van der Waals surface area contributed by atoms with Crippen molar-refractivity contribution in [3.63, 3.8) is 0 Å². The van der Waals surface area contributed by atoms with Gasteiger partial charge in [-0.15, -0.1) is 0 Å². The van der Waals surface area contributed by atoms with Crippen molar-refractivity contribution in [3.05, 3.63) is 204 Å². The molecule has 228 valence electrons. The monoisotopic (exact) mass is 622 g/mol. The first kappa shape index (κ1) is 27.7. The zero-order valence-electron chi connectivity index (χ0n) is 26.7. The predicted octanol–water partition coefficient (Wildman–Crippen LogP) is 11.5. The van der Waals surface area contributed by atoms with Crippen LogP contribution in [0.4, 0.5) is 0 Å². The van der Waals surface area contributed by atoms with E-state index in [4.69, 9.17) is 9.97 Å². The molecule has 2 aliphatic carbocycles. The minimum absolute atomic E-state index is 0.501. The Labute approximate surface area is 286 Å². The second kappa shape index (κ2) is 10.8. The summed E-state index contributed by atoms with van der Waals surface area (Å²) in [6.45, 7) is 0. The largest absolute Gasteiger partial charge is 0.228 e. The Kier molecular flexibility index (Phi) is 6.13. The van der Waals surface area contributed by atoms with Gasteiger partial charge in [0.25, 0.3) is 0 Å². The molecule has 7 aromatic carbocycles. The van der Waals surface area contributed by atoms with Gasteiger partial charge in [-0.05, 0) is 67.8 Å². The predicted molar refractivity (Wildman–Crippen MR) is 200 cm³/mol. The zero-order valence-corrected chi connectivity index (χ0v) is 26.7. The average molecular weight is 623 g/mol. The Hall–Kier alpha value is -6.38. The van der Waals surface area contributed by atoms with Crippen molar-refractivity contribution in [1.29, 1.82) is 0 Å². The Morgan fingerprint density at radius 3 is 1.18 bits per heavy atom. The van der Waals surface area contributed by atoms with Crippen molar-refractivity contribution < 1.29 is 0 Å². The average Bonchev–Trinajstić information content (AvgIpc) is 3.43. The number of aromatic nitrogens is 2. The molecule has 0 saturated carbocycles. The van der Waals surface area contributed by atoms with Crippen molar-refractivity contribution in [2.24, 2.45) is 0 Å². The van der Waals surface area contributed by atoms with Crippen molar-refractivity contribution in [3.8, 4) is 67.3 Å². The molecule has 2 nitrogen and oxygen atoms in total. The van der Waals surface area contributed by atoms with Gasteiger partial charge in [0.2, 0.25) is 0 Å². The third kappa shape index (κ3) is 4.07. The van der Waals surface area contributed by atoms with E-state index in [0.29, 0.717) is 5.82 Å². The van der Waals surface area contributed by atoms with E-state index in [0.717, 1.165) is 28.1 Å². The van der Waals surface area contributed by atoms with Crippen LogP contribution in [0.5, 0.6) is 0 Å². The number of nitrogens with zero attached hydrogens (tertiary/aromatic N) is 2. The van der Waals surface area contributed by atoms with E-state index in [2.05, 4.69) is 170 Å². The van der Waals surface area contributed by atoms with E-state index in [-0.39, 0.29) is 0 Å². The van der Waals surface area contributed by atoms with E-state index < -0.39 is 5.41 Å². The molecule has 2 heteroatoms. The summed E-state index contributed by atoms with van der Waals surface area (Å²) in [5.74, 6) is 0.712. The summed E-state index contributed by atoms with van der Waals surface area (Å²) in [4.78, 5) is 10.4. The number of hydrogen-bond donors (Lipinski definition) is 0. The smallest absolute Gasteiger partial charge is 0.160 e. The highest BCUT2D eigenvalue weighted by Crippen LogP contribution is 2.61. The van der Waals surface area contributed by atoms with Crippen LogP contribution in [-0.4, -0.2) is 9.97 Å². The van der Waals surface area contributed by atoms with Gasteiger partial charge in [-0.1, -0.05) is 170 Å². The second-order valence-electron chi connectivity index (χ2n) is 12.9. The fourth-order valence-corrected chi connectivity index (χ4v) is 8.28. The fourth-order valence-electron chi connectivity index (χ4n) is 8.28. The van der Waals surface area contributed by atoms with E-state index >= 15 is 0 Å². The Morgan fingerprint density at radius 2 is 0.673 bits per heavy atom. The molecule has 0 unspecified atom stereocenters. The van der Waals surface area contributed by atoms with Crippen LogP contribution in [0.3, 0.4) is 0 Å². The maximum atomic E-state index is 5.22. The van der Waals surface area contributed by atoms with Crippen LogP contribution in [0.15, 0.2) is 182 Å². The molecule has 0 N–H and O–H groups in total. The van der Waals surface area contributed by atoms with Gasteiger partial charge < -0.3 is 0 Å². The van der Waals surface area contributed by atoms with Crippen LogP contribution < -0.4 is 0 Å². The number of hydrogen-bond acceptors (Lipinski definition) is 2. The minimum atomic E-state index is -0.501. The summed E-state index contributed by atoms with van der Waals surface area (Å²) in [6.07, 6.45) is 0. The molecular weight excluding hydrogens is 593 g/mol. The molecule has 49 heavy (non-hydrogen) atoms.